The van der Waals surface area contributed by atoms with E-state index in [-0.39, 0.29) is 28.5 Å². The van der Waals surface area contributed by atoms with Crippen LogP contribution < -0.4 is 15.1 Å². The van der Waals surface area contributed by atoms with Gasteiger partial charge in [0.25, 0.3) is 0 Å². The second-order valence-corrected chi connectivity index (χ2v) is 10.9. The molecule has 1 saturated heterocycles. The molecule has 1 fully saturated rings. The van der Waals surface area contributed by atoms with Crippen molar-refractivity contribution in [2.75, 3.05) is 10.7 Å². The molecule has 1 unspecified atom stereocenters. The molecule has 10 nitrogen and oxygen atoms in total. The van der Waals surface area contributed by atoms with Gasteiger partial charge in [-0.15, -0.1) is 18.3 Å². The minimum atomic E-state index is -4.77. The minimum absolute atomic E-state index is 0.156. The molecule has 5 rings (SSSR count). The Hall–Kier alpha value is -4.69. The van der Waals surface area contributed by atoms with Crippen LogP contribution in [0.15, 0.2) is 84.1 Å². The van der Waals surface area contributed by atoms with Crippen molar-refractivity contribution < 1.29 is 32.3 Å². The lowest BCUT2D eigenvalue weighted by atomic mass is 10.0. The van der Waals surface area contributed by atoms with E-state index in [4.69, 9.17) is 4.84 Å². The lowest BCUT2D eigenvalue weighted by Gasteiger charge is -2.21. The third kappa shape index (κ3) is 7.26. The van der Waals surface area contributed by atoms with E-state index in [0.29, 0.717) is 22.8 Å². The molecular formula is C30H27F3N6O4S. The molecule has 0 spiro atoms. The van der Waals surface area contributed by atoms with Gasteiger partial charge in [-0.2, -0.15) is 4.99 Å². The summed E-state index contributed by atoms with van der Waals surface area (Å²) in [6.45, 7) is 5.81. The molecule has 2 heterocycles. The zero-order chi connectivity index (χ0) is 31.4. The molecule has 44 heavy (non-hydrogen) atoms. The van der Waals surface area contributed by atoms with Crippen LogP contribution in [0.2, 0.25) is 0 Å². The molecule has 1 atom stereocenters. The fraction of sp³-hybridized carbons (Fsp3) is 0.233. The maximum absolute atomic E-state index is 12.7. The number of amides is 3. The smallest absolute Gasteiger partial charge is 0.406 e. The molecule has 4 aromatic rings. The first-order chi connectivity index (χ1) is 21.0. The number of alkyl halides is 3. The van der Waals surface area contributed by atoms with E-state index < -0.39 is 18.5 Å². The lowest BCUT2D eigenvalue weighted by Crippen LogP contribution is -2.32. The number of benzene rings is 3. The summed E-state index contributed by atoms with van der Waals surface area (Å²) < 4.78 is 42.5. The van der Waals surface area contributed by atoms with E-state index >= 15 is 0 Å². The summed E-state index contributed by atoms with van der Waals surface area (Å²) in [5.74, 6) is 0.260. The second-order valence-electron chi connectivity index (χ2n) is 9.97. The topological polar surface area (TPSA) is 111 Å². The molecular weight excluding hydrogens is 597 g/mol. The number of thioether (sulfide) groups is 1. The van der Waals surface area contributed by atoms with Crippen molar-refractivity contribution in [1.29, 1.82) is 0 Å². The Morgan fingerprint density at radius 1 is 1.02 bits per heavy atom. The number of nitrogens with one attached hydrogen (secondary N) is 1. The van der Waals surface area contributed by atoms with Gasteiger partial charge >= 0.3 is 12.4 Å². The Labute approximate surface area is 254 Å². The molecule has 3 aromatic carbocycles. The van der Waals surface area contributed by atoms with E-state index in [1.54, 1.807) is 31.2 Å². The van der Waals surface area contributed by atoms with Crippen LogP contribution in [0.3, 0.4) is 0 Å². The van der Waals surface area contributed by atoms with Crippen LogP contribution in [0.5, 0.6) is 5.75 Å². The fourth-order valence-corrected chi connectivity index (χ4v) is 5.26. The summed E-state index contributed by atoms with van der Waals surface area (Å²) >= 11 is 1.18. The van der Waals surface area contributed by atoms with Gasteiger partial charge < -0.3 is 4.74 Å². The number of nitrogens with zero attached hydrogens (tertiary/aromatic N) is 5. The number of hydroxylamine groups is 1. The molecule has 0 radical (unpaired) electrons. The number of hydrogen-bond acceptors (Lipinski definition) is 7. The van der Waals surface area contributed by atoms with Gasteiger partial charge in [0.1, 0.15) is 18.2 Å². The Kier molecular flexibility index (Phi) is 9.01. The molecule has 3 amide bonds. The van der Waals surface area contributed by atoms with E-state index in [1.807, 2.05) is 38.1 Å². The van der Waals surface area contributed by atoms with Crippen LogP contribution in [0, 0.1) is 0 Å². The normalized spacial score (nSPS) is 15.2. The van der Waals surface area contributed by atoms with Crippen LogP contribution in [-0.4, -0.2) is 44.0 Å². The number of anilines is 1. The second kappa shape index (κ2) is 12.9. The molecule has 1 aromatic heterocycles. The molecule has 0 bridgehead atoms. The van der Waals surface area contributed by atoms with Crippen molar-refractivity contribution in [3.05, 3.63) is 90.3 Å². The summed E-state index contributed by atoms with van der Waals surface area (Å²) in [5, 5.41) is 4.67. The molecule has 1 N–H and O–H groups in total. The van der Waals surface area contributed by atoms with Gasteiger partial charge in [-0.3, -0.25) is 14.5 Å². The van der Waals surface area contributed by atoms with Crippen molar-refractivity contribution >= 4 is 34.6 Å². The fourth-order valence-electron chi connectivity index (χ4n) is 4.40. The Morgan fingerprint density at radius 3 is 2.41 bits per heavy atom. The maximum Gasteiger partial charge on any atom is 0.573 e. The largest absolute Gasteiger partial charge is 0.573 e. The molecule has 0 saturated carbocycles. The highest BCUT2D eigenvalue weighted by Crippen LogP contribution is 2.33. The van der Waals surface area contributed by atoms with Gasteiger partial charge in [0.15, 0.2) is 11.0 Å². The van der Waals surface area contributed by atoms with E-state index in [9.17, 15) is 22.8 Å². The average Bonchev–Trinajstić information content (AvgIpc) is 3.62. The van der Waals surface area contributed by atoms with E-state index in [2.05, 4.69) is 25.3 Å². The monoisotopic (exact) mass is 624 g/mol. The number of hydrogen-bond donors (Lipinski definition) is 1. The van der Waals surface area contributed by atoms with Crippen LogP contribution in [0.4, 0.5) is 23.7 Å². The quantitative estimate of drug-likeness (QED) is 0.215. The third-order valence-corrected chi connectivity index (χ3v) is 7.47. The van der Waals surface area contributed by atoms with Crippen LogP contribution in [-0.2, 0) is 9.63 Å². The van der Waals surface area contributed by atoms with E-state index in [0.717, 1.165) is 11.1 Å². The lowest BCUT2D eigenvalue weighted by molar-refractivity contribution is -0.274. The summed E-state index contributed by atoms with van der Waals surface area (Å²) in [6.07, 6.45) is -3.86. The van der Waals surface area contributed by atoms with Gasteiger partial charge in [0, 0.05) is 5.56 Å². The highest BCUT2D eigenvalue weighted by molar-refractivity contribution is 8.15. The highest BCUT2D eigenvalue weighted by atomic mass is 32.2. The summed E-state index contributed by atoms with van der Waals surface area (Å²) in [6, 6.07) is 19.2. The summed E-state index contributed by atoms with van der Waals surface area (Å²) in [7, 11) is 0. The number of halogens is 3. The average molecular weight is 625 g/mol. The van der Waals surface area contributed by atoms with Crippen molar-refractivity contribution in [3.8, 4) is 22.8 Å². The Morgan fingerprint density at radius 2 is 1.73 bits per heavy atom. The standard InChI is InChI=1S/C30H27F3N6O4S/c1-18(2)24-6-4-5-7-25(24)39-26(40)16-44-29(39)35-28(41)37-43-19(3)20-8-10-21(11-9-20)27-34-17-38(36-27)22-12-14-23(15-13-22)42-30(31,32)33/h4-15,17-19H,16H2,1-3H3,(H,37,41)/b35-29-. The predicted molar refractivity (Wildman–Crippen MR) is 159 cm³/mol. The number of carbonyl (C=O) groups is 2. The first-order valence-corrected chi connectivity index (χ1v) is 14.4. The summed E-state index contributed by atoms with van der Waals surface area (Å²) in [5.41, 5.74) is 5.96. The Balaban J connectivity index is 1.20. The minimum Gasteiger partial charge on any atom is -0.406 e. The van der Waals surface area contributed by atoms with Gasteiger partial charge in [-0.05, 0) is 54.3 Å². The highest BCUT2D eigenvalue weighted by Gasteiger charge is 2.32. The maximum atomic E-state index is 12.7. The van der Waals surface area contributed by atoms with Gasteiger partial charge in [-0.25, -0.2) is 19.9 Å². The van der Waals surface area contributed by atoms with Crippen molar-refractivity contribution in [1.82, 2.24) is 20.2 Å². The molecule has 1 aliphatic rings. The SMILES string of the molecule is CC(C)c1ccccc1N1C(=O)CS/C1=N\C(=O)NOC(C)c1ccc(-c2ncn(-c3ccc(OC(F)(F)F)cc3)n2)cc1. The number of aromatic nitrogens is 3. The van der Waals surface area contributed by atoms with Gasteiger partial charge in [-0.1, -0.05) is 68.1 Å². The number of para-hydroxylation sites is 1. The van der Waals surface area contributed by atoms with Crippen LogP contribution in [0.25, 0.3) is 17.1 Å². The number of rotatable bonds is 8. The number of carbonyl (C=O) groups excluding carboxylic acids is 2. The molecule has 0 aliphatic carbocycles. The molecule has 228 valence electrons. The van der Waals surface area contributed by atoms with Crippen LogP contribution >= 0.6 is 11.8 Å². The third-order valence-electron chi connectivity index (χ3n) is 6.55. The molecule has 14 heteroatoms. The van der Waals surface area contributed by atoms with Crippen molar-refractivity contribution in [2.45, 2.75) is 39.2 Å². The van der Waals surface area contributed by atoms with Crippen molar-refractivity contribution in [2.24, 2.45) is 4.99 Å². The van der Waals surface area contributed by atoms with Crippen molar-refractivity contribution in [3.63, 3.8) is 0 Å². The first-order valence-electron chi connectivity index (χ1n) is 13.5. The van der Waals surface area contributed by atoms with E-state index in [1.165, 1.54) is 51.9 Å². The predicted octanol–water partition coefficient (Wildman–Crippen LogP) is 6.79. The zero-order valence-corrected chi connectivity index (χ0v) is 24.6. The number of urea groups is 1. The number of aliphatic imine (C=N–C) groups is 1. The van der Waals surface area contributed by atoms with Gasteiger partial charge in [0.2, 0.25) is 5.91 Å². The Bertz CT molecular complexity index is 1670. The number of amidine groups is 1. The zero-order valence-electron chi connectivity index (χ0n) is 23.8. The van der Waals surface area contributed by atoms with Gasteiger partial charge in [0.05, 0.1) is 17.1 Å². The summed E-state index contributed by atoms with van der Waals surface area (Å²) in [4.78, 5) is 40.7. The number of ether oxygens (including phenoxy) is 1. The van der Waals surface area contributed by atoms with Crippen LogP contribution in [0.1, 0.15) is 43.9 Å². The first kappa shape index (κ1) is 30.8. The molecule has 1 aliphatic heterocycles.